The number of rotatable bonds is 43. The molecule has 1 heterocycles. The van der Waals surface area contributed by atoms with E-state index in [2.05, 4.69) is 46.4 Å². The van der Waals surface area contributed by atoms with E-state index in [0.29, 0.717) is 13.0 Å². The lowest BCUT2D eigenvalue weighted by Gasteiger charge is -2.29. The van der Waals surface area contributed by atoms with Crippen LogP contribution >= 0.6 is 0 Å². The third-order valence-electron chi connectivity index (χ3n) is 13.0. The molecule has 1 aliphatic rings. The zero-order chi connectivity index (χ0) is 40.8. The third-order valence-corrected chi connectivity index (χ3v) is 13.0. The maximum Gasteiger partial charge on any atom is 0.305 e. The molecule has 0 aromatic rings. The molecule has 56 heavy (non-hydrogen) atoms. The Morgan fingerprint density at radius 3 is 1.38 bits per heavy atom. The number of hydrogen-bond donors (Lipinski definition) is 0. The van der Waals surface area contributed by atoms with Gasteiger partial charge in [0.15, 0.2) is 5.79 Å². The SMILES string of the molecule is CCCCCC(CCCCC)CCCCCCCCCCC1(CCCCCCCCC(=O)OCCC(CCCCC)CCCCC)OCC(CN(CC)CC)O1. The molecule has 1 aliphatic heterocycles. The average molecular weight is 792 g/mol. The second-order valence-corrected chi connectivity index (χ2v) is 18.2. The van der Waals surface area contributed by atoms with Crippen LogP contribution in [0.3, 0.4) is 0 Å². The fourth-order valence-electron chi connectivity index (χ4n) is 9.13. The number of nitrogens with zero attached hydrogens (tertiary/aromatic N) is 1. The van der Waals surface area contributed by atoms with Crippen molar-refractivity contribution in [2.45, 2.75) is 278 Å². The number of carbonyl (C=O) groups excluding carboxylic acids is 1. The van der Waals surface area contributed by atoms with E-state index in [-0.39, 0.29) is 17.9 Å². The highest BCUT2D eigenvalue weighted by Gasteiger charge is 2.40. The van der Waals surface area contributed by atoms with E-state index in [1.165, 1.54) is 180 Å². The van der Waals surface area contributed by atoms with Crippen LogP contribution < -0.4 is 0 Å². The Hall–Kier alpha value is -0.650. The molecule has 0 amide bonds. The Morgan fingerprint density at radius 1 is 0.536 bits per heavy atom. The van der Waals surface area contributed by atoms with Crippen LogP contribution in [-0.2, 0) is 19.0 Å². The molecule has 5 nitrogen and oxygen atoms in total. The quantitative estimate of drug-likeness (QED) is 0.0455. The highest BCUT2D eigenvalue weighted by atomic mass is 16.7. The molecule has 0 aromatic carbocycles. The standard InChI is InChI=1S/C51H101NO4/c1-7-13-27-35-47(36-28-14-8-2)39-31-23-19-17-18-21-25-33-42-51(55-46-49(56-51)45-52(11-5)12-6)43-34-26-22-20-24-32-40-50(53)54-44-41-48(37-29-15-9-3)38-30-16-10-4/h47-49H,7-46H2,1-6H3. The zero-order valence-electron chi connectivity index (χ0n) is 39.1. The molecule has 1 rings (SSSR count). The predicted octanol–water partition coefficient (Wildman–Crippen LogP) is 15.9. The number of unbranched alkanes of at least 4 members (excludes halogenated alkanes) is 20. The number of ether oxygens (including phenoxy) is 3. The molecular weight excluding hydrogens is 691 g/mol. The van der Waals surface area contributed by atoms with Crippen molar-refractivity contribution in [3.63, 3.8) is 0 Å². The van der Waals surface area contributed by atoms with E-state index in [1.807, 2.05) is 0 Å². The molecule has 0 bridgehead atoms. The lowest BCUT2D eigenvalue weighted by Crippen LogP contribution is -2.36. The lowest BCUT2D eigenvalue weighted by molar-refractivity contribution is -0.180. The van der Waals surface area contributed by atoms with Crippen LogP contribution in [0.1, 0.15) is 266 Å². The number of esters is 1. The van der Waals surface area contributed by atoms with Gasteiger partial charge in [-0.25, -0.2) is 0 Å². The summed E-state index contributed by atoms with van der Waals surface area (Å²) in [7, 11) is 0. The highest BCUT2D eigenvalue weighted by molar-refractivity contribution is 5.69. The van der Waals surface area contributed by atoms with Crippen molar-refractivity contribution in [2.75, 3.05) is 32.8 Å². The first-order valence-corrected chi connectivity index (χ1v) is 25.6. The fourth-order valence-corrected chi connectivity index (χ4v) is 9.13. The Morgan fingerprint density at radius 2 is 0.929 bits per heavy atom. The van der Waals surface area contributed by atoms with Gasteiger partial charge in [0.2, 0.25) is 0 Å². The Bertz CT molecular complexity index is 813. The molecule has 1 saturated heterocycles. The molecule has 1 fully saturated rings. The lowest BCUT2D eigenvalue weighted by atomic mass is 9.90. The van der Waals surface area contributed by atoms with Crippen LogP contribution in [0.25, 0.3) is 0 Å². The third kappa shape index (κ3) is 29.5. The second kappa shape index (κ2) is 38.5. The largest absolute Gasteiger partial charge is 0.466 e. The Kier molecular flexibility index (Phi) is 36.7. The average Bonchev–Trinajstić information content (AvgIpc) is 3.60. The molecule has 334 valence electrons. The van der Waals surface area contributed by atoms with E-state index in [9.17, 15) is 4.79 Å². The van der Waals surface area contributed by atoms with Crippen LogP contribution in [-0.4, -0.2) is 55.6 Å². The molecule has 5 heteroatoms. The number of hydrogen-bond acceptors (Lipinski definition) is 5. The van der Waals surface area contributed by atoms with E-state index >= 15 is 0 Å². The number of likely N-dealkylation sites (N-methyl/N-ethyl adjacent to an activating group) is 1. The molecule has 0 saturated carbocycles. The van der Waals surface area contributed by atoms with Gasteiger partial charge in [-0.15, -0.1) is 0 Å². The molecule has 0 aromatic heterocycles. The van der Waals surface area contributed by atoms with Crippen molar-refractivity contribution >= 4 is 5.97 Å². The smallest absolute Gasteiger partial charge is 0.305 e. The zero-order valence-corrected chi connectivity index (χ0v) is 39.1. The van der Waals surface area contributed by atoms with Gasteiger partial charge in [-0.2, -0.15) is 0 Å². The molecule has 2 unspecified atom stereocenters. The van der Waals surface area contributed by atoms with Gasteiger partial charge in [0, 0.05) is 25.8 Å². The first kappa shape index (κ1) is 53.4. The Balaban J connectivity index is 2.30. The van der Waals surface area contributed by atoms with Crippen molar-refractivity contribution in [1.29, 1.82) is 0 Å². The van der Waals surface area contributed by atoms with Gasteiger partial charge in [0.1, 0.15) is 0 Å². The minimum absolute atomic E-state index is 0.0114. The summed E-state index contributed by atoms with van der Waals surface area (Å²) in [6, 6.07) is 0. The van der Waals surface area contributed by atoms with Crippen molar-refractivity contribution in [1.82, 2.24) is 4.90 Å². The van der Waals surface area contributed by atoms with E-state index in [4.69, 9.17) is 14.2 Å². The highest BCUT2D eigenvalue weighted by Crippen LogP contribution is 2.35. The summed E-state index contributed by atoms with van der Waals surface area (Å²) >= 11 is 0. The first-order valence-electron chi connectivity index (χ1n) is 25.6. The molecule has 0 aliphatic carbocycles. The topological polar surface area (TPSA) is 48.0 Å². The summed E-state index contributed by atoms with van der Waals surface area (Å²) in [4.78, 5) is 14.9. The van der Waals surface area contributed by atoms with Crippen molar-refractivity contribution in [3.05, 3.63) is 0 Å². The van der Waals surface area contributed by atoms with Gasteiger partial charge >= 0.3 is 5.97 Å². The molecular formula is C51H101NO4. The summed E-state index contributed by atoms with van der Waals surface area (Å²) in [6.45, 7) is 18.2. The summed E-state index contributed by atoms with van der Waals surface area (Å²) in [5.41, 5.74) is 0. The summed E-state index contributed by atoms with van der Waals surface area (Å²) < 4.78 is 19.0. The maximum atomic E-state index is 12.4. The van der Waals surface area contributed by atoms with Crippen molar-refractivity contribution in [2.24, 2.45) is 11.8 Å². The molecule has 0 radical (unpaired) electrons. The molecule has 0 spiro atoms. The maximum absolute atomic E-state index is 12.4. The summed E-state index contributed by atoms with van der Waals surface area (Å²) in [5, 5.41) is 0. The van der Waals surface area contributed by atoms with E-state index in [0.717, 1.165) is 76.6 Å². The van der Waals surface area contributed by atoms with Gasteiger partial charge < -0.3 is 19.1 Å². The summed E-state index contributed by atoms with van der Waals surface area (Å²) in [6.07, 6.45) is 45.0. The van der Waals surface area contributed by atoms with Crippen LogP contribution in [0.15, 0.2) is 0 Å². The van der Waals surface area contributed by atoms with Crippen LogP contribution in [0.4, 0.5) is 0 Å². The Labute approximate surface area is 351 Å². The fraction of sp³-hybridized carbons (Fsp3) is 0.980. The van der Waals surface area contributed by atoms with E-state index in [1.54, 1.807) is 0 Å². The van der Waals surface area contributed by atoms with Gasteiger partial charge in [-0.3, -0.25) is 4.79 Å². The summed E-state index contributed by atoms with van der Waals surface area (Å²) in [5.74, 6) is 1.35. The van der Waals surface area contributed by atoms with Gasteiger partial charge in [0.05, 0.1) is 19.3 Å². The van der Waals surface area contributed by atoms with Crippen LogP contribution in [0.5, 0.6) is 0 Å². The van der Waals surface area contributed by atoms with Gasteiger partial charge in [0.25, 0.3) is 0 Å². The monoisotopic (exact) mass is 792 g/mol. The van der Waals surface area contributed by atoms with Crippen LogP contribution in [0.2, 0.25) is 0 Å². The minimum Gasteiger partial charge on any atom is -0.466 e. The van der Waals surface area contributed by atoms with Gasteiger partial charge in [-0.05, 0) is 50.6 Å². The van der Waals surface area contributed by atoms with Crippen molar-refractivity contribution in [3.8, 4) is 0 Å². The van der Waals surface area contributed by atoms with Crippen molar-refractivity contribution < 1.29 is 19.0 Å². The minimum atomic E-state index is -0.378. The molecule has 2 atom stereocenters. The number of carbonyl (C=O) groups is 1. The first-order chi connectivity index (χ1) is 27.4. The predicted molar refractivity (Wildman–Crippen MR) is 244 cm³/mol. The van der Waals surface area contributed by atoms with Crippen LogP contribution in [0, 0.1) is 11.8 Å². The molecule has 0 N–H and O–H groups in total. The van der Waals surface area contributed by atoms with Gasteiger partial charge in [-0.1, -0.05) is 221 Å². The second-order valence-electron chi connectivity index (χ2n) is 18.2. The van der Waals surface area contributed by atoms with E-state index < -0.39 is 0 Å². The normalized spacial score (nSPS) is 17.3.